The van der Waals surface area contributed by atoms with Gasteiger partial charge in [-0.1, -0.05) is 106 Å². The van der Waals surface area contributed by atoms with Crippen molar-refractivity contribution in [2.24, 2.45) is 0 Å². The Labute approximate surface area is 179 Å². The number of hydrogen-bond donors (Lipinski definition) is 1. The standard InChI is InChI=1S/C24H27O4PS/c1-24(2,3)20-16-14-19(15-17-20)23(18-30(26,27)28)29(25,21-10-6-4-7-11-21)22-12-8-5-9-13-22/h4-17,23H,18H2,1-3H3,(H,26,27,28)/t23-/m0/s1. The highest BCUT2D eigenvalue weighted by molar-refractivity contribution is 7.87. The van der Waals surface area contributed by atoms with E-state index in [9.17, 15) is 17.5 Å². The lowest BCUT2D eigenvalue weighted by Crippen LogP contribution is -2.26. The summed E-state index contributed by atoms with van der Waals surface area (Å²) < 4.78 is 48.4. The van der Waals surface area contributed by atoms with E-state index in [-0.39, 0.29) is 5.41 Å². The van der Waals surface area contributed by atoms with Crippen molar-refractivity contribution in [3.63, 3.8) is 0 Å². The maximum absolute atomic E-state index is 14.7. The lowest BCUT2D eigenvalue weighted by molar-refractivity contribution is 0.481. The summed E-state index contributed by atoms with van der Waals surface area (Å²) in [6.07, 6.45) is 0. The molecule has 0 amide bonds. The van der Waals surface area contributed by atoms with Crippen LogP contribution in [0.2, 0.25) is 0 Å². The molecule has 4 nitrogen and oxygen atoms in total. The van der Waals surface area contributed by atoms with Crippen LogP contribution >= 0.6 is 7.14 Å². The van der Waals surface area contributed by atoms with Crippen LogP contribution in [0.3, 0.4) is 0 Å². The van der Waals surface area contributed by atoms with Crippen LogP contribution in [0, 0.1) is 0 Å². The highest BCUT2D eigenvalue weighted by Crippen LogP contribution is 2.57. The molecule has 1 N–H and O–H groups in total. The molecular weight excluding hydrogens is 415 g/mol. The van der Waals surface area contributed by atoms with Crippen molar-refractivity contribution in [1.29, 1.82) is 0 Å². The van der Waals surface area contributed by atoms with Gasteiger partial charge in [-0.3, -0.25) is 4.55 Å². The molecule has 0 heterocycles. The molecule has 1 atom stereocenters. The van der Waals surface area contributed by atoms with E-state index in [0.717, 1.165) is 5.56 Å². The molecule has 3 aromatic carbocycles. The zero-order valence-electron chi connectivity index (χ0n) is 17.4. The summed E-state index contributed by atoms with van der Waals surface area (Å²) in [4.78, 5) is 0. The minimum Gasteiger partial charge on any atom is -0.313 e. The summed E-state index contributed by atoms with van der Waals surface area (Å²) >= 11 is 0. The van der Waals surface area contributed by atoms with E-state index in [1.807, 2.05) is 36.4 Å². The van der Waals surface area contributed by atoms with E-state index in [4.69, 9.17) is 0 Å². The van der Waals surface area contributed by atoms with Gasteiger partial charge in [-0.15, -0.1) is 0 Å². The fourth-order valence-electron chi connectivity index (χ4n) is 3.62. The van der Waals surface area contributed by atoms with Gasteiger partial charge in [0.15, 0.2) is 7.14 Å². The molecule has 0 saturated heterocycles. The average molecular weight is 443 g/mol. The van der Waals surface area contributed by atoms with Gasteiger partial charge in [0.25, 0.3) is 10.1 Å². The topological polar surface area (TPSA) is 71.4 Å². The van der Waals surface area contributed by atoms with Crippen molar-refractivity contribution in [3.8, 4) is 0 Å². The van der Waals surface area contributed by atoms with Crippen molar-refractivity contribution in [1.82, 2.24) is 0 Å². The van der Waals surface area contributed by atoms with Crippen LogP contribution in [0.5, 0.6) is 0 Å². The summed E-state index contributed by atoms with van der Waals surface area (Å²) in [7, 11) is -7.83. The molecule has 0 aliphatic heterocycles. The van der Waals surface area contributed by atoms with E-state index < -0.39 is 28.7 Å². The van der Waals surface area contributed by atoms with Gasteiger partial charge in [0.05, 0.1) is 11.4 Å². The molecule has 30 heavy (non-hydrogen) atoms. The first-order chi connectivity index (χ1) is 14.0. The second kappa shape index (κ2) is 8.50. The van der Waals surface area contributed by atoms with Crippen LogP contribution in [0.1, 0.15) is 37.6 Å². The van der Waals surface area contributed by atoms with Gasteiger partial charge in [0.1, 0.15) is 0 Å². The van der Waals surface area contributed by atoms with Gasteiger partial charge < -0.3 is 4.57 Å². The van der Waals surface area contributed by atoms with E-state index in [2.05, 4.69) is 20.8 Å². The molecule has 0 aliphatic carbocycles. The number of hydrogen-bond acceptors (Lipinski definition) is 3. The predicted octanol–water partition coefficient (Wildman–Crippen LogP) is 4.93. The average Bonchev–Trinajstić information content (AvgIpc) is 2.71. The van der Waals surface area contributed by atoms with Crippen LogP contribution in [0.15, 0.2) is 84.9 Å². The lowest BCUT2D eigenvalue weighted by atomic mass is 9.86. The van der Waals surface area contributed by atoms with E-state index in [1.165, 1.54) is 0 Å². The number of benzene rings is 3. The first kappa shape index (κ1) is 22.5. The Morgan fingerprint density at radius 2 is 1.23 bits per heavy atom. The molecule has 158 valence electrons. The van der Waals surface area contributed by atoms with E-state index >= 15 is 0 Å². The van der Waals surface area contributed by atoms with Gasteiger partial charge in [0, 0.05) is 10.6 Å². The van der Waals surface area contributed by atoms with E-state index in [1.54, 1.807) is 48.5 Å². The van der Waals surface area contributed by atoms with Crippen LogP contribution in [0.25, 0.3) is 0 Å². The maximum Gasteiger partial charge on any atom is 0.265 e. The molecule has 0 aromatic heterocycles. The smallest absolute Gasteiger partial charge is 0.265 e. The van der Waals surface area contributed by atoms with Gasteiger partial charge in [0.2, 0.25) is 0 Å². The zero-order valence-corrected chi connectivity index (χ0v) is 19.1. The molecule has 3 aromatic rings. The first-order valence-corrected chi connectivity index (χ1v) is 13.2. The third-order valence-electron chi connectivity index (χ3n) is 5.25. The largest absolute Gasteiger partial charge is 0.313 e. The maximum atomic E-state index is 14.7. The van der Waals surface area contributed by atoms with Crippen LogP contribution in [-0.2, 0) is 20.1 Å². The molecule has 0 unspecified atom stereocenters. The Hall–Kier alpha value is -2.20. The van der Waals surface area contributed by atoms with Crippen molar-refractivity contribution < 1.29 is 17.5 Å². The molecule has 0 spiro atoms. The Kier molecular flexibility index (Phi) is 6.37. The first-order valence-electron chi connectivity index (χ1n) is 9.78. The molecule has 0 aliphatic rings. The summed E-state index contributed by atoms with van der Waals surface area (Å²) in [6.45, 7) is 6.28. The van der Waals surface area contributed by atoms with Crippen LogP contribution in [-0.4, -0.2) is 18.7 Å². The summed E-state index contributed by atoms with van der Waals surface area (Å²) in [5.74, 6) is -0.622. The van der Waals surface area contributed by atoms with E-state index in [0.29, 0.717) is 16.2 Å². The molecule has 6 heteroatoms. The lowest BCUT2D eigenvalue weighted by Gasteiger charge is -2.29. The third-order valence-corrected chi connectivity index (χ3v) is 9.74. The fraction of sp³-hybridized carbons (Fsp3) is 0.250. The van der Waals surface area contributed by atoms with Gasteiger partial charge in [-0.05, 0) is 16.5 Å². The Bertz CT molecular complexity index is 1090. The molecule has 0 bridgehead atoms. The second-order valence-electron chi connectivity index (χ2n) is 8.47. The fourth-order valence-corrected chi connectivity index (χ4v) is 8.46. The highest BCUT2D eigenvalue weighted by atomic mass is 32.2. The quantitative estimate of drug-likeness (QED) is 0.434. The summed E-state index contributed by atoms with van der Waals surface area (Å²) in [6, 6.07) is 25.4. The molecular formula is C24H27O4PS. The Morgan fingerprint density at radius 3 is 1.60 bits per heavy atom. The minimum atomic E-state index is -4.38. The van der Waals surface area contributed by atoms with Crippen molar-refractivity contribution in [2.75, 3.05) is 5.75 Å². The molecule has 0 saturated carbocycles. The molecule has 0 radical (unpaired) electrons. The SMILES string of the molecule is CC(C)(C)c1ccc([C@H](CS(=O)(=O)O)P(=O)(c2ccccc2)c2ccccc2)cc1. The van der Waals surface area contributed by atoms with Crippen LogP contribution in [0.4, 0.5) is 0 Å². The highest BCUT2D eigenvalue weighted by Gasteiger charge is 2.40. The summed E-state index contributed by atoms with van der Waals surface area (Å²) in [5.41, 5.74) is 0.730. The minimum absolute atomic E-state index is 0.0698. The zero-order chi connectivity index (χ0) is 22.0. The Morgan fingerprint density at radius 1 is 0.800 bits per heavy atom. The second-order valence-corrected chi connectivity index (χ2v) is 12.9. The number of rotatable bonds is 6. The van der Waals surface area contributed by atoms with Crippen molar-refractivity contribution in [3.05, 3.63) is 96.1 Å². The third kappa shape index (κ3) is 4.92. The molecule has 0 fully saturated rings. The monoisotopic (exact) mass is 442 g/mol. The predicted molar refractivity (Wildman–Crippen MR) is 124 cm³/mol. The molecule has 3 rings (SSSR count). The summed E-state index contributed by atoms with van der Waals surface area (Å²) in [5, 5.41) is 1.12. The van der Waals surface area contributed by atoms with Gasteiger partial charge in [-0.25, -0.2) is 0 Å². The van der Waals surface area contributed by atoms with Crippen molar-refractivity contribution >= 4 is 27.9 Å². The Balaban J connectivity index is 2.25. The van der Waals surface area contributed by atoms with Gasteiger partial charge >= 0.3 is 0 Å². The normalized spacial score (nSPS) is 13.7. The van der Waals surface area contributed by atoms with Gasteiger partial charge in [-0.2, -0.15) is 8.42 Å². The van der Waals surface area contributed by atoms with Crippen molar-refractivity contribution in [2.45, 2.75) is 31.8 Å². The van der Waals surface area contributed by atoms with Crippen LogP contribution < -0.4 is 10.6 Å².